The van der Waals surface area contributed by atoms with Gasteiger partial charge in [-0.15, -0.1) is 0 Å². The molecule has 1 aliphatic rings. The highest BCUT2D eigenvalue weighted by Crippen LogP contribution is 2.59. The van der Waals surface area contributed by atoms with Crippen molar-refractivity contribution >= 4 is 43.1 Å². The van der Waals surface area contributed by atoms with Crippen LogP contribution in [0.5, 0.6) is 0 Å². The Balaban J connectivity index is 1.14. The number of rotatable bonds is 5. The van der Waals surface area contributed by atoms with Crippen molar-refractivity contribution in [2.75, 3.05) is 0 Å². The van der Waals surface area contributed by atoms with Crippen LogP contribution in [-0.2, 0) is 5.41 Å². The summed E-state index contributed by atoms with van der Waals surface area (Å²) in [4.78, 5) is 0. The van der Waals surface area contributed by atoms with E-state index in [4.69, 9.17) is 0 Å². The highest BCUT2D eigenvalue weighted by atomic mass is 14.5. The molecule has 0 N–H and O–H groups in total. The van der Waals surface area contributed by atoms with E-state index in [2.05, 4.69) is 231 Å². The molecule has 0 bridgehead atoms. The maximum absolute atomic E-state index is 2.52. The van der Waals surface area contributed by atoms with Crippen LogP contribution < -0.4 is 0 Å². The molecule has 0 atom stereocenters. The van der Waals surface area contributed by atoms with Crippen molar-refractivity contribution in [1.82, 2.24) is 0 Å². The molecule has 12 rings (SSSR count). The molecule has 0 aromatic heterocycles. The van der Waals surface area contributed by atoms with Crippen molar-refractivity contribution in [3.63, 3.8) is 0 Å². The van der Waals surface area contributed by atoms with E-state index >= 15 is 0 Å². The molecule has 0 unspecified atom stereocenters. The minimum atomic E-state index is -0.570. The molecular weight excluding hydrogens is 709 g/mol. The maximum atomic E-state index is 2.52. The van der Waals surface area contributed by atoms with Gasteiger partial charge in [0.2, 0.25) is 0 Å². The Kier molecular flexibility index (Phi) is 7.55. The van der Waals surface area contributed by atoms with Gasteiger partial charge in [0, 0.05) is 0 Å². The predicted octanol–water partition coefficient (Wildman–Crippen LogP) is 15.7. The standard InChI is InChI=1S/C59H38/c1-3-19-46(20-4-1)59(47-21-5-2-6-22-47)56-37-45(49-34-33-48(50-23-11-12-24-51(49)50)43-29-27-39-15-7-9-17-41(39)35-43)31-32-54(56)58-53-26-14-13-25-52(53)55(38-57(58)59)44-30-28-40-16-8-10-18-42(40)36-44/h1-38H. The largest absolute Gasteiger partial charge is 0.0714 e. The zero-order valence-electron chi connectivity index (χ0n) is 32.4. The zero-order valence-corrected chi connectivity index (χ0v) is 32.4. The van der Waals surface area contributed by atoms with Crippen LogP contribution >= 0.6 is 0 Å². The summed E-state index contributed by atoms with van der Waals surface area (Å²) < 4.78 is 0. The molecule has 11 aromatic carbocycles. The highest BCUT2D eigenvalue weighted by Gasteiger charge is 2.47. The number of hydrogen-bond donors (Lipinski definition) is 0. The highest BCUT2D eigenvalue weighted by molar-refractivity contribution is 6.12. The predicted molar refractivity (Wildman–Crippen MR) is 250 cm³/mol. The molecule has 1 aliphatic carbocycles. The van der Waals surface area contributed by atoms with Gasteiger partial charge < -0.3 is 0 Å². The topological polar surface area (TPSA) is 0 Å². The van der Waals surface area contributed by atoms with E-state index in [9.17, 15) is 0 Å². The average Bonchev–Trinajstić information content (AvgIpc) is 3.61. The van der Waals surface area contributed by atoms with Gasteiger partial charge in [0.1, 0.15) is 0 Å². The van der Waals surface area contributed by atoms with E-state index in [1.165, 1.54) is 110 Å². The van der Waals surface area contributed by atoms with Crippen LogP contribution in [0.2, 0.25) is 0 Å². The Morgan fingerprint density at radius 3 is 1.20 bits per heavy atom. The Labute approximate surface area is 344 Å². The molecule has 59 heavy (non-hydrogen) atoms. The van der Waals surface area contributed by atoms with Gasteiger partial charge in [-0.05, 0) is 134 Å². The van der Waals surface area contributed by atoms with Gasteiger partial charge in [0.25, 0.3) is 0 Å². The van der Waals surface area contributed by atoms with Crippen LogP contribution in [0.4, 0.5) is 0 Å². The summed E-state index contributed by atoms with van der Waals surface area (Å²) in [5.74, 6) is 0. The lowest BCUT2D eigenvalue weighted by molar-refractivity contribution is 0.769. The lowest BCUT2D eigenvalue weighted by atomic mass is 9.67. The van der Waals surface area contributed by atoms with Crippen LogP contribution in [0.1, 0.15) is 22.3 Å². The Morgan fingerprint density at radius 2 is 0.644 bits per heavy atom. The van der Waals surface area contributed by atoms with Gasteiger partial charge in [-0.1, -0.05) is 206 Å². The SMILES string of the molecule is c1ccc(C2(c3ccccc3)c3cc(-c4ccc(-c5ccc6ccccc6c5)c5ccccc45)ccc3-c3c2cc(-c2ccc4ccccc4c2)c2ccccc32)cc1. The van der Waals surface area contributed by atoms with E-state index in [-0.39, 0.29) is 0 Å². The van der Waals surface area contributed by atoms with Crippen molar-refractivity contribution in [2.45, 2.75) is 5.41 Å². The minimum Gasteiger partial charge on any atom is -0.0622 e. The van der Waals surface area contributed by atoms with Crippen LogP contribution in [0.25, 0.3) is 87.6 Å². The number of benzene rings is 11. The summed E-state index contributed by atoms with van der Waals surface area (Å²) in [5.41, 5.74) is 14.6. The molecule has 0 amide bonds. The smallest absolute Gasteiger partial charge is 0.0622 e. The van der Waals surface area contributed by atoms with E-state index in [0.717, 1.165) is 0 Å². The van der Waals surface area contributed by atoms with Crippen LogP contribution in [0, 0.1) is 0 Å². The molecule has 0 heterocycles. The zero-order chi connectivity index (χ0) is 38.9. The molecule has 0 aliphatic heterocycles. The summed E-state index contributed by atoms with van der Waals surface area (Å²) in [6.07, 6.45) is 0. The normalized spacial score (nSPS) is 12.9. The van der Waals surface area contributed by atoms with Gasteiger partial charge in [0.15, 0.2) is 0 Å². The second-order valence-electron chi connectivity index (χ2n) is 16.0. The molecule has 0 radical (unpaired) electrons. The van der Waals surface area contributed by atoms with Crippen molar-refractivity contribution in [3.05, 3.63) is 253 Å². The Hall–Kier alpha value is -7.54. The molecule has 0 nitrogen and oxygen atoms in total. The van der Waals surface area contributed by atoms with Crippen molar-refractivity contribution in [2.24, 2.45) is 0 Å². The third-order valence-electron chi connectivity index (χ3n) is 12.9. The van der Waals surface area contributed by atoms with E-state index in [1.807, 2.05) is 0 Å². The van der Waals surface area contributed by atoms with E-state index in [1.54, 1.807) is 0 Å². The third kappa shape index (κ3) is 5.10. The third-order valence-corrected chi connectivity index (χ3v) is 12.9. The van der Waals surface area contributed by atoms with Crippen LogP contribution in [-0.4, -0.2) is 0 Å². The minimum absolute atomic E-state index is 0.570. The van der Waals surface area contributed by atoms with E-state index < -0.39 is 5.41 Å². The molecule has 0 saturated heterocycles. The summed E-state index contributed by atoms with van der Waals surface area (Å²) in [7, 11) is 0. The maximum Gasteiger partial charge on any atom is 0.0714 e. The molecule has 0 heteroatoms. The first-order valence-corrected chi connectivity index (χ1v) is 20.6. The second kappa shape index (κ2) is 13.3. The average molecular weight is 747 g/mol. The Bertz CT molecular complexity index is 3390. The van der Waals surface area contributed by atoms with Crippen molar-refractivity contribution in [1.29, 1.82) is 0 Å². The fraction of sp³-hybridized carbons (Fsp3) is 0.0169. The summed E-state index contributed by atoms with van der Waals surface area (Å²) in [6.45, 7) is 0. The molecule has 0 spiro atoms. The summed E-state index contributed by atoms with van der Waals surface area (Å²) >= 11 is 0. The molecule has 274 valence electrons. The first-order valence-electron chi connectivity index (χ1n) is 20.6. The molecule has 0 fully saturated rings. The molecule has 0 saturated carbocycles. The lowest BCUT2D eigenvalue weighted by Crippen LogP contribution is -2.28. The van der Waals surface area contributed by atoms with Gasteiger partial charge >= 0.3 is 0 Å². The first kappa shape index (κ1) is 33.6. The number of hydrogen-bond acceptors (Lipinski definition) is 0. The van der Waals surface area contributed by atoms with Gasteiger partial charge in [0.05, 0.1) is 5.41 Å². The molecule has 11 aromatic rings. The van der Waals surface area contributed by atoms with Gasteiger partial charge in [-0.25, -0.2) is 0 Å². The second-order valence-corrected chi connectivity index (χ2v) is 16.0. The molecular formula is C59H38. The van der Waals surface area contributed by atoms with Gasteiger partial charge in [-0.3, -0.25) is 0 Å². The fourth-order valence-corrected chi connectivity index (χ4v) is 10.3. The monoisotopic (exact) mass is 746 g/mol. The quantitative estimate of drug-likeness (QED) is 0.165. The van der Waals surface area contributed by atoms with Crippen molar-refractivity contribution in [3.8, 4) is 44.5 Å². The Morgan fingerprint density at radius 1 is 0.237 bits per heavy atom. The van der Waals surface area contributed by atoms with E-state index in [0.29, 0.717) is 0 Å². The summed E-state index contributed by atoms with van der Waals surface area (Å²) in [5, 5.41) is 10.1. The van der Waals surface area contributed by atoms with Crippen LogP contribution in [0.15, 0.2) is 231 Å². The summed E-state index contributed by atoms with van der Waals surface area (Å²) in [6, 6.07) is 85.9. The van der Waals surface area contributed by atoms with Gasteiger partial charge in [-0.2, -0.15) is 0 Å². The van der Waals surface area contributed by atoms with Crippen molar-refractivity contribution < 1.29 is 0 Å². The fourth-order valence-electron chi connectivity index (χ4n) is 10.3. The first-order chi connectivity index (χ1) is 29.3. The lowest BCUT2D eigenvalue weighted by Gasteiger charge is -2.34. The number of fused-ring (bicyclic) bond motifs is 8. The van der Waals surface area contributed by atoms with Crippen LogP contribution in [0.3, 0.4) is 0 Å².